The van der Waals surface area contributed by atoms with Gasteiger partial charge < -0.3 is 5.11 Å². The Morgan fingerprint density at radius 3 is 2.03 bits per heavy atom. The van der Waals surface area contributed by atoms with Gasteiger partial charge in [-0.3, -0.25) is 0 Å². The first-order chi connectivity index (χ1) is 13.9. The molecular formula is C22H12Cl3NO2S. The average Bonchev–Trinajstić information content (AvgIpc) is 2.69. The van der Waals surface area contributed by atoms with E-state index in [1.807, 2.05) is 24.3 Å². The molecule has 0 aliphatic carbocycles. The summed E-state index contributed by atoms with van der Waals surface area (Å²) in [7, 11) is 0. The molecule has 3 nitrogen and oxygen atoms in total. The van der Waals surface area contributed by atoms with Crippen molar-refractivity contribution in [2.24, 2.45) is 0 Å². The quantitative estimate of drug-likeness (QED) is 0.339. The predicted octanol–water partition coefficient (Wildman–Crippen LogP) is 7.71. The molecule has 0 aliphatic rings. The fraction of sp³-hybridized carbons (Fsp3) is 0. The first-order valence-electron chi connectivity index (χ1n) is 8.48. The molecule has 0 saturated carbocycles. The molecule has 0 fully saturated rings. The molecule has 1 heterocycles. The number of pyridine rings is 1. The Morgan fingerprint density at radius 2 is 1.41 bits per heavy atom. The molecule has 4 rings (SSSR count). The fourth-order valence-corrected chi connectivity index (χ4v) is 4.44. The Labute approximate surface area is 186 Å². The van der Waals surface area contributed by atoms with Crippen molar-refractivity contribution in [1.82, 2.24) is 4.98 Å². The van der Waals surface area contributed by atoms with Crippen molar-refractivity contribution in [2.75, 3.05) is 0 Å². The van der Waals surface area contributed by atoms with Gasteiger partial charge in [0.1, 0.15) is 0 Å². The Kier molecular flexibility index (Phi) is 5.70. The van der Waals surface area contributed by atoms with E-state index in [9.17, 15) is 9.90 Å². The summed E-state index contributed by atoms with van der Waals surface area (Å²) < 4.78 is 0. The van der Waals surface area contributed by atoms with Gasteiger partial charge in [0.25, 0.3) is 0 Å². The number of benzene rings is 3. The second-order valence-electron chi connectivity index (χ2n) is 6.19. The van der Waals surface area contributed by atoms with E-state index in [0.29, 0.717) is 36.6 Å². The Balaban J connectivity index is 2.03. The minimum absolute atomic E-state index is 0.155. The van der Waals surface area contributed by atoms with Crippen LogP contribution in [-0.2, 0) is 0 Å². The van der Waals surface area contributed by atoms with Crippen LogP contribution in [0, 0.1) is 0 Å². The van der Waals surface area contributed by atoms with E-state index in [1.54, 1.807) is 42.5 Å². The zero-order valence-corrected chi connectivity index (χ0v) is 17.8. The van der Waals surface area contributed by atoms with Crippen molar-refractivity contribution in [3.8, 4) is 11.3 Å². The van der Waals surface area contributed by atoms with Gasteiger partial charge in [-0.25, -0.2) is 9.78 Å². The number of carboxylic acid groups (broad SMARTS) is 1. The highest BCUT2D eigenvalue weighted by atomic mass is 35.5. The maximum atomic E-state index is 12.3. The zero-order valence-electron chi connectivity index (χ0n) is 14.7. The summed E-state index contributed by atoms with van der Waals surface area (Å²) in [5.41, 5.74) is 2.04. The van der Waals surface area contributed by atoms with E-state index in [1.165, 1.54) is 11.8 Å². The maximum Gasteiger partial charge on any atom is 0.337 e. The number of hydrogen-bond donors (Lipinski definition) is 1. The van der Waals surface area contributed by atoms with Crippen LogP contribution in [0.25, 0.3) is 22.2 Å². The number of fused-ring (bicyclic) bond motifs is 1. The second-order valence-corrected chi connectivity index (χ2v) is 8.59. The van der Waals surface area contributed by atoms with Crippen molar-refractivity contribution in [2.45, 2.75) is 9.79 Å². The Bertz CT molecular complexity index is 1230. The van der Waals surface area contributed by atoms with Gasteiger partial charge in [0.15, 0.2) is 0 Å². The molecule has 144 valence electrons. The van der Waals surface area contributed by atoms with Crippen LogP contribution in [0.3, 0.4) is 0 Å². The first kappa shape index (κ1) is 20.0. The summed E-state index contributed by atoms with van der Waals surface area (Å²) in [6, 6.07) is 19.4. The van der Waals surface area contributed by atoms with Gasteiger partial charge in [0.2, 0.25) is 0 Å². The number of carboxylic acids is 1. The van der Waals surface area contributed by atoms with E-state index >= 15 is 0 Å². The van der Waals surface area contributed by atoms with E-state index < -0.39 is 5.97 Å². The topological polar surface area (TPSA) is 50.2 Å². The van der Waals surface area contributed by atoms with Crippen LogP contribution in [0.4, 0.5) is 0 Å². The highest BCUT2D eigenvalue weighted by molar-refractivity contribution is 7.99. The maximum absolute atomic E-state index is 12.3. The van der Waals surface area contributed by atoms with Crippen molar-refractivity contribution in [1.29, 1.82) is 0 Å². The summed E-state index contributed by atoms with van der Waals surface area (Å²) in [5.74, 6) is -1.05. The van der Waals surface area contributed by atoms with E-state index in [4.69, 9.17) is 39.8 Å². The predicted molar refractivity (Wildman–Crippen MR) is 120 cm³/mol. The molecule has 1 aromatic heterocycles. The normalized spacial score (nSPS) is 11.0. The lowest BCUT2D eigenvalue weighted by Crippen LogP contribution is -2.04. The molecule has 0 atom stereocenters. The minimum atomic E-state index is -1.05. The summed E-state index contributed by atoms with van der Waals surface area (Å²) >= 11 is 19.5. The van der Waals surface area contributed by atoms with Crippen molar-refractivity contribution in [3.05, 3.63) is 87.4 Å². The number of rotatable bonds is 4. The molecule has 7 heteroatoms. The molecular weight excluding hydrogens is 449 g/mol. The Morgan fingerprint density at radius 1 is 0.828 bits per heavy atom. The largest absolute Gasteiger partial charge is 0.478 e. The molecule has 0 amide bonds. The van der Waals surface area contributed by atoms with Crippen LogP contribution in [0.15, 0.2) is 76.5 Å². The van der Waals surface area contributed by atoms with Crippen molar-refractivity contribution < 1.29 is 9.90 Å². The average molecular weight is 461 g/mol. The lowest BCUT2D eigenvalue weighted by atomic mass is 10.0. The van der Waals surface area contributed by atoms with Crippen molar-refractivity contribution in [3.63, 3.8) is 0 Å². The van der Waals surface area contributed by atoms with Gasteiger partial charge in [-0.2, -0.15) is 0 Å². The molecule has 0 aliphatic heterocycles. The number of halogens is 3. The molecule has 0 saturated heterocycles. The van der Waals surface area contributed by atoms with Gasteiger partial charge in [-0.05, 0) is 54.6 Å². The number of aromatic nitrogens is 1. The molecule has 0 bridgehead atoms. The molecule has 4 aromatic rings. The van der Waals surface area contributed by atoms with Gasteiger partial charge in [-0.15, -0.1) is 0 Å². The summed E-state index contributed by atoms with van der Waals surface area (Å²) in [4.78, 5) is 18.4. The molecule has 0 radical (unpaired) electrons. The number of carbonyl (C=O) groups is 1. The first-order valence-corrected chi connectivity index (χ1v) is 10.4. The minimum Gasteiger partial charge on any atom is -0.478 e. The summed E-state index contributed by atoms with van der Waals surface area (Å²) in [6.45, 7) is 0. The van der Waals surface area contributed by atoms with E-state index in [-0.39, 0.29) is 5.56 Å². The highest BCUT2D eigenvalue weighted by Gasteiger charge is 2.22. The van der Waals surface area contributed by atoms with Gasteiger partial charge in [-0.1, -0.05) is 58.7 Å². The lowest BCUT2D eigenvalue weighted by molar-refractivity contribution is 0.0695. The zero-order chi connectivity index (χ0) is 20.5. The van der Waals surface area contributed by atoms with E-state index in [0.717, 1.165) is 10.5 Å². The third-order valence-corrected chi connectivity index (χ3v) is 6.12. The second kappa shape index (κ2) is 8.25. The van der Waals surface area contributed by atoms with Crippen LogP contribution >= 0.6 is 46.6 Å². The molecule has 3 aromatic carbocycles. The third-order valence-electron chi connectivity index (χ3n) is 4.27. The lowest BCUT2D eigenvalue weighted by Gasteiger charge is -2.15. The SMILES string of the molecule is O=C(O)c1c(Sc2ccc(Cl)cc2)c(-c2ccc(Cl)cc2)nc2ccc(Cl)cc12. The summed E-state index contributed by atoms with van der Waals surface area (Å²) in [6.07, 6.45) is 0. The van der Waals surface area contributed by atoms with Crippen molar-refractivity contribution >= 4 is 63.4 Å². The highest BCUT2D eigenvalue weighted by Crippen LogP contribution is 2.41. The summed E-state index contributed by atoms with van der Waals surface area (Å²) in [5, 5.41) is 12.2. The standard InChI is InChI=1S/C22H12Cl3NO2S/c23-13-3-1-12(2-4-13)20-21(29-16-8-5-14(24)6-9-16)19(22(27)28)17-11-15(25)7-10-18(17)26-20/h1-11H,(H,27,28). The smallest absolute Gasteiger partial charge is 0.337 e. The third kappa shape index (κ3) is 4.21. The van der Waals surface area contributed by atoms with Gasteiger partial charge >= 0.3 is 5.97 Å². The number of hydrogen-bond acceptors (Lipinski definition) is 3. The number of aromatic carboxylic acids is 1. The van der Waals surface area contributed by atoms with Crippen LogP contribution in [0.1, 0.15) is 10.4 Å². The van der Waals surface area contributed by atoms with Crippen LogP contribution in [0.5, 0.6) is 0 Å². The van der Waals surface area contributed by atoms with Crippen LogP contribution in [0.2, 0.25) is 15.1 Å². The Hall–Kier alpha value is -2.24. The number of nitrogens with zero attached hydrogens (tertiary/aromatic N) is 1. The van der Waals surface area contributed by atoms with E-state index in [2.05, 4.69) is 0 Å². The van der Waals surface area contributed by atoms with Crippen LogP contribution < -0.4 is 0 Å². The van der Waals surface area contributed by atoms with Gasteiger partial charge in [0.05, 0.1) is 21.7 Å². The molecule has 1 N–H and O–H groups in total. The molecule has 0 unspecified atom stereocenters. The van der Waals surface area contributed by atoms with Crippen LogP contribution in [-0.4, -0.2) is 16.1 Å². The van der Waals surface area contributed by atoms with Gasteiger partial charge in [0, 0.05) is 30.9 Å². The molecule has 29 heavy (non-hydrogen) atoms. The fourth-order valence-electron chi connectivity index (χ4n) is 2.95. The molecule has 0 spiro atoms. The monoisotopic (exact) mass is 459 g/mol.